The van der Waals surface area contributed by atoms with E-state index in [2.05, 4.69) is 6.07 Å². The fourth-order valence-corrected chi connectivity index (χ4v) is 3.20. The predicted molar refractivity (Wildman–Crippen MR) is 69.4 cm³/mol. The summed E-state index contributed by atoms with van der Waals surface area (Å²) in [6, 6.07) is 6.00. The molecule has 1 aromatic rings. The van der Waals surface area contributed by atoms with Gasteiger partial charge in [-0.05, 0) is 18.6 Å². The number of aliphatic carboxylic acids is 1. The molecule has 1 N–H and O–H groups in total. The van der Waals surface area contributed by atoms with Crippen molar-refractivity contribution in [1.29, 1.82) is 0 Å². The summed E-state index contributed by atoms with van der Waals surface area (Å²) >= 11 is 0. The normalized spacial score (nSPS) is 19.1. The lowest BCUT2D eigenvalue weighted by Crippen LogP contribution is -2.23. The Hall–Kier alpha value is -1.36. The van der Waals surface area contributed by atoms with Crippen LogP contribution in [-0.2, 0) is 22.0 Å². The third kappa shape index (κ3) is 3.32. The van der Waals surface area contributed by atoms with Crippen LogP contribution in [0.1, 0.15) is 17.5 Å². The molecule has 0 bridgehead atoms. The zero-order valence-electron chi connectivity index (χ0n) is 10.2. The highest BCUT2D eigenvalue weighted by atomic mass is 32.2. The molecule has 1 aromatic carbocycles. The largest absolute Gasteiger partial charge is 0.489 e. The van der Waals surface area contributed by atoms with Crippen molar-refractivity contribution in [3.05, 3.63) is 29.3 Å². The van der Waals surface area contributed by atoms with E-state index in [4.69, 9.17) is 9.84 Å². The van der Waals surface area contributed by atoms with Gasteiger partial charge in [0.15, 0.2) is 0 Å². The summed E-state index contributed by atoms with van der Waals surface area (Å²) in [5, 5.41) is 8.53. The van der Waals surface area contributed by atoms with Crippen LogP contribution in [0.25, 0.3) is 0 Å². The molecule has 0 saturated carbocycles. The Morgan fingerprint density at radius 2 is 2.33 bits per heavy atom. The molecule has 0 saturated heterocycles. The molecule has 1 aliphatic heterocycles. The van der Waals surface area contributed by atoms with Crippen LogP contribution in [0.5, 0.6) is 5.75 Å². The van der Waals surface area contributed by atoms with Crippen molar-refractivity contribution in [2.75, 3.05) is 11.5 Å². The average Bonchev–Trinajstić information content (AvgIpc) is 2.67. The van der Waals surface area contributed by atoms with Gasteiger partial charge in [0.2, 0.25) is 0 Å². The van der Waals surface area contributed by atoms with Gasteiger partial charge in [-0.15, -0.1) is 0 Å². The first-order valence-corrected chi connectivity index (χ1v) is 7.36. The van der Waals surface area contributed by atoms with Crippen LogP contribution in [0.4, 0.5) is 0 Å². The van der Waals surface area contributed by atoms with E-state index < -0.39 is 16.8 Å². The van der Waals surface area contributed by atoms with Crippen molar-refractivity contribution in [1.82, 2.24) is 0 Å². The number of rotatable bonds is 5. The van der Waals surface area contributed by atoms with Crippen LogP contribution < -0.4 is 4.74 Å². The van der Waals surface area contributed by atoms with Crippen molar-refractivity contribution >= 4 is 16.8 Å². The van der Waals surface area contributed by atoms with Gasteiger partial charge in [0, 0.05) is 23.0 Å². The second-order valence-electron chi connectivity index (χ2n) is 4.51. The predicted octanol–water partition coefficient (Wildman–Crippen LogP) is 1.52. The highest BCUT2D eigenvalue weighted by molar-refractivity contribution is 7.85. The van der Waals surface area contributed by atoms with Crippen molar-refractivity contribution < 1.29 is 18.8 Å². The van der Waals surface area contributed by atoms with E-state index in [0.717, 1.165) is 17.7 Å². The highest BCUT2D eigenvalue weighted by Gasteiger charge is 2.24. The quantitative estimate of drug-likeness (QED) is 0.879. The van der Waals surface area contributed by atoms with E-state index in [-0.39, 0.29) is 18.3 Å². The number of benzene rings is 1. The van der Waals surface area contributed by atoms with E-state index >= 15 is 0 Å². The van der Waals surface area contributed by atoms with Crippen LogP contribution in [0.2, 0.25) is 0 Å². The number of ether oxygens (including phenoxy) is 1. The first-order chi connectivity index (χ1) is 8.54. The molecule has 0 spiro atoms. The standard InChI is InChI=1S/C13H16O4S/c1-9-2-3-12-10(6-9)7-11(17-12)8-18(16)5-4-13(14)15/h2-3,6,11H,4-5,7-8H2,1H3,(H,14,15). The molecule has 4 nitrogen and oxygen atoms in total. The van der Waals surface area contributed by atoms with Crippen LogP contribution in [-0.4, -0.2) is 32.9 Å². The SMILES string of the molecule is Cc1ccc2c(c1)CC(CS(=O)CCC(=O)O)O2. The highest BCUT2D eigenvalue weighted by Crippen LogP contribution is 2.29. The van der Waals surface area contributed by atoms with E-state index in [1.807, 2.05) is 19.1 Å². The van der Waals surface area contributed by atoms with Crippen LogP contribution in [0.3, 0.4) is 0 Å². The van der Waals surface area contributed by atoms with Crippen molar-refractivity contribution in [2.45, 2.75) is 25.9 Å². The summed E-state index contributed by atoms with van der Waals surface area (Å²) in [6.07, 6.45) is 0.623. The fraction of sp³-hybridized carbons (Fsp3) is 0.462. The maximum absolute atomic E-state index is 11.7. The number of carboxylic acids is 1. The molecule has 1 aliphatic rings. The van der Waals surface area contributed by atoms with Gasteiger partial charge in [0.05, 0.1) is 12.2 Å². The Bertz CT molecular complexity index is 484. The average molecular weight is 268 g/mol. The summed E-state index contributed by atoms with van der Waals surface area (Å²) in [5.74, 6) is 0.557. The molecule has 2 atom stereocenters. The Morgan fingerprint density at radius 1 is 1.56 bits per heavy atom. The summed E-state index contributed by atoms with van der Waals surface area (Å²) in [6.45, 7) is 2.03. The molecule has 98 valence electrons. The Morgan fingerprint density at radius 3 is 3.06 bits per heavy atom. The van der Waals surface area contributed by atoms with Gasteiger partial charge >= 0.3 is 5.97 Å². The van der Waals surface area contributed by atoms with Crippen molar-refractivity contribution in [3.8, 4) is 5.75 Å². The summed E-state index contributed by atoms with van der Waals surface area (Å²) in [4.78, 5) is 10.4. The van der Waals surface area contributed by atoms with Gasteiger partial charge in [0.1, 0.15) is 11.9 Å². The lowest BCUT2D eigenvalue weighted by Gasteiger charge is -2.09. The topological polar surface area (TPSA) is 63.6 Å². The fourth-order valence-electron chi connectivity index (χ4n) is 2.03. The minimum Gasteiger partial charge on any atom is -0.489 e. The third-order valence-corrected chi connectivity index (χ3v) is 4.28. The Kier molecular flexibility index (Phi) is 4.01. The molecule has 5 heteroatoms. The van der Waals surface area contributed by atoms with Gasteiger partial charge in [-0.2, -0.15) is 0 Å². The summed E-state index contributed by atoms with van der Waals surface area (Å²) in [5.41, 5.74) is 2.33. The van der Waals surface area contributed by atoms with Gasteiger partial charge in [0.25, 0.3) is 0 Å². The summed E-state index contributed by atoms with van der Waals surface area (Å²) < 4.78 is 17.4. The molecule has 0 aromatic heterocycles. The third-order valence-electron chi connectivity index (χ3n) is 2.87. The van der Waals surface area contributed by atoms with E-state index in [1.165, 1.54) is 5.56 Å². The minimum atomic E-state index is -1.13. The molecule has 1 heterocycles. The molecule has 0 aliphatic carbocycles. The molecular weight excluding hydrogens is 252 g/mol. The number of carbonyl (C=O) groups is 1. The van der Waals surface area contributed by atoms with Crippen LogP contribution >= 0.6 is 0 Å². The van der Waals surface area contributed by atoms with E-state index in [0.29, 0.717) is 5.75 Å². The van der Waals surface area contributed by atoms with Crippen molar-refractivity contribution in [3.63, 3.8) is 0 Å². The monoisotopic (exact) mass is 268 g/mol. The molecule has 2 unspecified atom stereocenters. The zero-order chi connectivity index (χ0) is 13.1. The smallest absolute Gasteiger partial charge is 0.304 e. The molecule has 0 fully saturated rings. The second-order valence-corrected chi connectivity index (χ2v) is 6.13. The second kappa shape index (κ2) is 5.52. The van der Waals surface area contributed by atoms with Gasteiger partial charge in [-0.25, -0.2) is 0 Å². The maximum atomic E-state index is 11.7. The maximum Gasteiger partial charge on any atom is 0.304 e. The lowest BCUT2D eigenvalue weighted by molar-refractivity contribution is -0.136. The van der Waals surface area contributed by atoms with E-state index in [1.54, 1.807) is 0 Å². The summed E-state index contributed by atoms with van der Waals surface area (Å²) in [7, 11) is -1.13. The molecule has 0 amide bonds. The van der Waals surface area contributed by atoms with Gasteiger partial charge in [-0.3, -0.25) is 9.00 Å². The molecule has 0 radical (unpaired) electrons. The number of hydrogen-bond acceptors (Lipinski definition) is 3. The zero-order valence-corrected chi connectivity index (χ0v) is 11.0. The molecule has 2 rings (SSSR count). The molecular formula is C13H16O4S. The van der Waals surface area contributed by atoms with Gasteiger partial charge < -0.3 is 9.84 Å². The molecule has 18 heavy (non-hydrogen) atoms. The Balaban J connectivity index is 1.87. The van der Waals surface area contributed by atoms with Crippen LogP contribution in [0, 0.1) is 6.92 Å². The number of aryl methyl sites for hydroxylation is 1. The van der Waals surface area contributed by atoms with E-state index in [9.17, 15) is 9.00 Å². The number of fused-ring (bicyclic) bond motifs is 1. The number of carboxylic acid groups (broad SMARTS) is 1. The van der Waals surface area contributed by atoms with Crippen LogP contribution in [0.15, 0.2) is 18.2 Å². The number of hydrogen-bond donors (Lipinski definition) is 1. The first kappa shape index (κ1) is 13.1. The lowest BCUT2D eigenvalue weighted by atomic mass is 10.1. The van der Waals surface area contributed by atoms with Crippen molar-refractivity contribution in [2.24, 2.45) is 0 Å². The Labute approximate surface area is 108 Å². The minimum absolute atomic E-state index is 0.0502. The van der Waals surface area contributed by atoms with Gasteiger partial charge in [-0.1, -0.05) is 17.7 Å². The first-order valence-electron chi connectivity index (χ1n) is 5.87.